The lowest BCUT2D eigenvalue weighted by atomic mass is 10.2. The molecule has 4 nitrogen and oxygen atoms in total. The fraction of sp³-hybridized carbons (Fsp3) is 0.0909. The van der Waals surface area contributed by atoms with E-state index in [1.165, 1.54) is 11.8 Å². The first kappa shape index (κ1) is 18.7. The standard InChI is InChI=1S/C22H17NO3S2/c1-27-18-11-5-2-8-15(18)22(25)26-14-21(24)23-16-9-3-6-12-19(16)28-20-13-7-4-10-17(20)23/h2-13H,14H2,1H3. The Hall–Kier alpha value is -2.70. The van der Waals surface area contributed by atoms with Gasteiger partial charge in [-0.3, -0.25) is 9.69 Å². The molecule has 0 unspecified atom stereocenters. The average Bonchev–Trinajstić information content (AvgIpc) is 2.75. The van der Waals surface area contributed by atoms with Gasteiger partial charge in [-0.2, -0.15) is 0 Å². The van der Waals surface area contributed by atoms with Crippen molar-refractivity contribution in [3.63, 3.8) is 0 Å². The highest BCUT2D eigenvalue weighted by Crippen LogP contribution is 2.47. The van der Waals surface area contributed by atoms with E-state index in [9.17, 15) is 9.59 Å². The summed E-state index contributed by atoms with van der Waals surface area (Å²) in [5.41, 5.74) is 2.08. The summed E-state index contributed by atoms with van der Waals surface area (Å²) in [6.45, 7) is -0.325. The summed E-state index contributed by atoms with van der Waals surface area (Å²) >= 11 is 3.09. The maximum absolute atomic E-state index is 13.0. The van der Waals surface area contributed by atoms with Gasteiger partial charge in [0.05, 0.1) is 16.9 Å². The van der Waals surface area contributed by atoms with Crippen LogP contribution in [0.1, 0.15) is 10.4 Å². The van der Waals surface area contributed by atoms with Crippen molar-refractivity contribution >= 4 is 46.8 Å². The van der Waals surface area contributed by atoms with Crippen molar-refractivity contribution in [3.05, 3.63) is 78.4 Å². The lowest BCUT2D eigenvalue weighted by Crippen LogP contribution is -2.32. The van der Waals surface area contributed by atoms with E-state index in [1.54, 1.807) is 28.8 Å². The molecule has 1 aliphatic rings. The summed E-state index contributed by atoms with van der Waals surface area (Å²) in [4.78, 5) is 30.0. The van der Waals surface area contributed by atoms with Crippen LogP contribution in [0, 0.1) is 0 Å². The van der Waals surface area contributed by atoms with Gasteiger partial charge in [0.1, 0.15) is 0 Å². The molecule has 0 N–H and O–H groups in total. The number of hydrogen-bond acceptors (Lipinski definition) is 5. The van der Waals surface area contributed by atoms with E-state index < -0.39 is 5.97 Å². The molecule has 0 bridgehead atoms. The maximum atomic E-state index is 13.0. The summed E-state index contributed by atoms with van der Waals surface area (Å²) in [6.07, 6.45) is 1.90. The first-order valence-electron chi connectivity index (χ1n) is 8.68. The molecular weight excluding hydrogens is 390 g/mol. The summed E-state index contributed by atoms with van der Waals surface area (Å²) in [5, 5.41) is 0. The minimum Gasteiger partial charge on any atom is -0.452 e. The summed E-state index contributed by atoms with van der Waals surface area (Å²) in [5.74, 6) is -0.776. The Balaban J connectivity index is 1.58. The van der Waals surface area contributed by atoms with Gasteiger partial charge in [-0.25, -0.2) is 4.79 Å². The van der Waals surface area contributed by atoms with Crippen LogP contribution in [0.5, 0.6) is 0 Å². The van der Waals surface area contributed by atoms with Gasteiger partial charge >= 0.3 is 5.97 Å². The number of para-hydroxylation sites is 2. The monoisotopic (exact) mass is 407 g/mol. The molecule has 1 aliphatic heterocycles. The van der Waals surface area contributed by atoms with E-state index in [2.05, 4.69) is 0 Å². The Morgan fingerprint density at radius 3 is 2.11 bits per heavy atom. The van der Waals surface area contributed by atoms with E-state index in [0.29, 0.717) is 5.56 Å². The van der Waals surface area contributed by atoms with Crippen molar-refractivity contribution in [1.82, 2.24) is 0 Å². The largest absolute Gasteiger partial charge is 0.452 e. The van der Waals surface area contributed by atoms with Crippen LogP contribution in [0.15, 0.2) is 87.5 Å². The number of benzene rings is 3. The fourth-order valence-electron chi connectivity index (χ4n) is 3.06. The Bertz CT molecular complexity index is 1010. The molecule has 3 aromatic rings. The van der Waals surface area contributed by atoms with Gasteiger partial charge in [0.2, 0.25) is 0 Å². The molecule has 0 radical (unpaired) electrons. The molecule has 0 aromatic heterocycles. The van der Waals surface area contributed by atoms with Crippen molar-refractivity contribution < 1.29 is 14.3 Å². The highest BCUT2D eigenvalue weighted by Gasteiger charge is 2.28. The van der Waals surface area contributed by atoms with E-state index in [1.807, 2.05) is 66.9 Å². The van der Waals surface area contributed by atoms with Gasteiger partial charge in [-0.1, -0.05) is 48.2 Å². The quantitative estimate of drug-likeness (QED) is 0.428. The Labute approximate surface area is 171 Å². The Morgan fingerprint density at radius 1 is 0.893 bits per heavy atom. The smallest absolute Gasteiger partial charge is 0.339 e. The number of anilines is 2. The van der Waals surface area contributed by atoms with Crippen molar-refractivity contribution in [2.24, 2.45) is 0 Å². The molecule has 0 saturated carbocycles. The first-order chi connectivity index (χ1) is 13.7. The van der Waals surface area contributed by atoms with Crippen LogP contribution < -0.4 is 4.90 Å². The van der Waals surface area contributed by atoms with Crippen LogP contribution in [0.25, 0.3) is 0 Å². The molecule has 4 rings (SSSR count). The minimum absolute atomic E-state index is 0.282. The van der Waals surface area contributed by atoms with Gasteiger partial charge in [0, 0.05) is 14.7 Å². The molecule has 28 heavy (non-hydrogen) atoms. The maximum Gasteiger partial charge on any atom is 0.339 e. The number of fused-ring (bicyclic) bond motifs is 2. The lowest BCUT2D eigenvalue weighted by molar-refractivity contribution is -0.121. The predicted molar refractivity (Wildman–Crippen MR) is 113 cm³/mol. The Kier molecular flexibility index (Phi) is 5.41. The van der Waals surface area contributed by atoms with Gasteiger partial charge in [-0.05, 0) is 42.7 Å². The molecular formula is C22H17NO3S2. The van der Waals surface area contributed by atoms with E-state index in [4.69, 9.17) is 4.74 Å². The molecule has 1 amide bonds. The van der Waals surface area contributed by atoms with Crippen molar-refractivity contribution in [3.8, 4) is 0 Å². The molecule has 0 fully saturated rings. The number of thioether (sulfide) groups is 1. The zero-order valence-electron chi connectivity index (χ0n) is 15.1. The van der Waals surface area contributed by atoms with Gasteiger partial charge in [0.15, 0.2) is 6.61 Å². The molecule has 6 heteroatoms. The number of carbonyl (C=O) groups is 2. The number of carbonyl (C=O) groups excluding carboxylic acids is 2. The number of hydrogen-bond donors (Lipinski definition) is 0. The zero-order chi connectivity index (χ0) is 19.5. The highest BCUT2D eigenvalue weighted by molar-refractivity contribution is 7.99. The summed E-state index contributed by atoms with van der Waals surface area (Å²) in [7, 11) is 0. The molecule has 0 spiro atoms. The molecule has 140 valence electrons. The van der Waals surface area contributed by atoms with Crippen LogP contribution in [-0.4, -0.2) is 24.7 Å². The van der Waals surface area contributed by atoms with Gasteiger partial charge in [-0.15, -0.1) is 11.8 Å². The second-order valence-corrected chi connectivity index (χ2v) is 7.97. The molecule has 0 atom stereocenters. The van der Waals surface area contributed by atoms with E-state index in [0.717, 1.165) is 26.1 Å². The number of rotatable bonds is 4. The van der Waals surface area contributed by atoms with E-state index >= 15 is 0 Å². The normalized spacial score (nSPS) is 12.1. The van der Waals surface area contributed by atoms with Crippen LogP contribution in [-0.2, 0) is 9.53 Å². The summed E-state index contributed by atoms with van der Waals surface area (Å²) < 4.78 is 5.37. The number of nitrogens with zero attached hydrogens (tertiary/aromatic N) is 1. The first-order valence-corrected chi connectivity index (χ1v) is 10.7. The lowest BCUT2D eigenvalue weighted by Gasteiger charge is -2.30. The van der Waals surface area contributed by atoms with Gasteiger partial charge < -0.3 is 4.74 Å². The topological polar surface area (TPSA) is 46.6 Å². The summed E-state index contributed by atoms with van der Waals surface area (Å²) in [6, 6.07) is 22.7. The molecule has 1 heterocycles. The van der Waals surface area contributed by atoms with Crippen molar-refractivity contribution in [2.45, 2.75) is 14.7 Å². The fourth-order valence-corrected chi connectivity index (χ4v) is 4.70. The third-order valence-electron chi connectivity index (χ3n) is 4.34. The average molecular weight is 408 g/mol. The SMILES string of the molecule is CSc1ccccc1C(=O)OCC(=O)N1c2ccccc2Sc2ccccc21. The zero-order valence-corrected chi connectivity index (χ0v) is 16.8. The number of ether oxygens (including phenoxy) is 1. The van der Waals surface area contributed by atoms with Crippen LogP contribution >= 0.6 is 23.5 Å². The third kappa shape index (κ3) is 3.53. The highest BCUT2D eigenvalue weighted by atomic mass is 32.2. The number of esters is 1. The van der Waals surface area contributed by atoms with Gasteiger partial charge in [0.25, 0.3) is 5.91 Å². The number of amides is 1. The molecule has 0 aliphatic carbocycles. The molecule has 3 aromatic carbocycles. The van der Waals surface area contributed by atoms with Crippen molar-refractivity contribution in [1.29, 1.82) is 0 Å². The predicted octanol–water partition coefficient (Wildman–Crippen LogP) is 5.39. The Morgan fingerprint density at radius 2 is 1.46 bits per heavy atom. The second kappa shape index (κ2) is 8.12. The molecule has 0 saturated heterocycles. The minimum atomic E-state index is -0.494. The van der Waals surface area contributed by atoms with Crippen LogP contribution in [0.3, 0.4) is 0 Å². The third-order valence-corrected chi connectivity index (χ3v) is 6.26. The van der Waals surface area contributed by atoms with Crippen LogP contribution in [0.4, 0.5) is 11.4 Å². The second-order valence-electron chi connectivity index (χ2n) is 6.04. The van der Waals surface area contributed by atoms with Crippen LogP contribution in [0.2, 0.25) is 0 Å². The van der Waals surface area contributed by atoms with Crippen molar-refractivity contribution in [2.75, 3.05) is 17.8 Å². The van der Waals surface area contributed by atoms with E-state index in [-0.39, 0.29) is 12.5 Å².